The quantitative estimate of drug-likeness (QED) is 0.104. The van der Waals surface area contributed by atoms with Gasteiger partial charge >= 0.3 is 0 Å². The Morgan fingerprint density at radius 2 is 0.898 bits per heavy atom. The van der Waals surface area contributed by atoms with Crippen molar-refractivity contribution >= 4 is 47.2 Å². The molecule has 0 N–H and O–H groups in total. The number of carbonyl (C=O) groups excluding carboxylic acids is 4. The molecule has 10 rings (SSSR count). The van der Waals surface area contributed by atoms with Crippen LogP contribution in [0.4, 0.5) is 11.4 Å². The number of fused-ring (bicyclic) bond motifs is 10. The van der Waals surface area contributed by atoms with E-state index >= 15 is 0 Å². The number of nitrogens with zero attached hydrogens (tertiary/aromatic N) is 2. The first kappa shape index (κ1) is 37.2. The van der Waals surface area contributed by atoms with Crippen LogP contribution in [0.5, 0.6) is 0 Å². The van der Waals surface area contributed by atoms with Gasteiger partial charge in [-0.3, -0.25) is 19.2 Å². The van der Waals surface area contributed by atoms with Crippen LogP contribution in [0.15, 0.2) is 135 Å². The molecular formula is C49H42N2O8. The first-order chi connectivity index (χ1) is 28.7. The average Bonchev–Trinajstić information content (AvgIpc) is 4.10. The molecule has 8 atom stereocenters. The SMILES string of the molecule is C=Cc1ccc(COCC23C=CC(O2)C2C(=O)N(c4ccc(Cc5ccc(N6C(=O)C7C8C=CC(COCc9ccc(C=C)cc9)(O8)C7C6=O)cc5)cc4)C(=O)C23)cc1. The van der Waals surface area contributed by atoms with E-state index < -0.39 is 47.1 Å². The minimum absolute atomic E-state index is 0.158. The lowest BCUT2D eigenvalue weighted by molar-refractivity contribution is -0.131. The number of rotatable bonds is 14. The fraction of sp³-hybridized carbons (Fsp3) is 0.265. The maximum atomic E-state index is 14.0. The van der Waals surface area contributed by atoms with Crippen LogP contribution < -0.4 is 9.80 Å². The van der Waals surface area contributed by atoms with Crippen LogP contribution in [-0.2, 0) is 57.8 Å². The molecule has 0 radical (unpaired) electrons. The van der Waals surface area contributed by atoms with Crippen molar-refractivity contribution in [1.29, 1.82) is 0 Å². The van der Waals surface area contributed by atoms with Crippen molar-refractivity contribution in [2.75, 3.05) is 23.0 Å². The molecule has 0 saturated carbocycles. The van der Waals surface area contributed by atoms with Crippen LogP contribution in [0.25, 0.3) is 12.2 Å². The number of anilines is 2. The molecule has 0 aromatic heterocycles. The third kappa shape index (κ3) is 6.09. The van der Waals surface area contributed by atoms with E-state index in [0.717, 1.165) is 33.4 Å². The highest BCUT2D eigenvalue weighted by Gasteiger charge is 2.69. The van der Waals surface area contributed by atoms with Crippen molar-refractivity contribution in [1.82, 2.24) is 0 Å². The van der Waals surface area contributed by atoms with E-state index in [4.69, 9.17) is 18.9 Å². The third-order valence-electron chi connectivity index (χ3n) is 12.7. The fourth-order valence-corrected chi connectivity index (χ4v) is 9.76. The van der Waals surface area contributed by atoms with E-state index in [1.54, 1.807) is 36.4 Å². The standard InChI is InChI=1S/C49H42N2O8/c1-3-30-5-9-34(10-6-30)26-56-28-48-23-21-38(58-48)40-42(48)46(54)50(44(40)52)36-17-13-32(14-18-36)25-33-15-19-37(20-16-33)51-45(53)41-39-22-24-49(59-39,43(41)47(51)55)29-57-27-35-11-7-31(4-2)8-12-35/h3-24,38-43H,1-2,25-29H2. The second-order valence-corrected chi connectivity index (χ2v) is 16.2. The van der Waals surface area contributed by atoms with Gasteiger partial charge < -0.3 is 18.9 Å². The fourth-order valence-electron chi connectivity index (χ4n) is 9.76. The van der Waals surface area contributed by atoms with E-state index in [2.05, 4.69) is 13.2 Å². The lowest BCUT2D eigenvalue weighted by Crippen LogP contribution is -2.44. The lowest BCUT2D eigenvalue weighted by atomic mass is 9.77. The van der Waals surface area contributed by atoms with Crippen LogP contribution >= 0.6 is 0 Å². The Labute approximate surface area is 342 Å². The van der Waals surface area contributed by atoms with Crippen molar-refractivity contribution in [3.8, 4) is 0 Å². The van der Waals surface area contributed by atoms with Gasteiger partial charge in [-0.05, 0) is 64.1 Å². The zero-order valence-electron chi connectivity index (χ0n) is 32.3. The zero-order chi connectivity index (χ0) is 40.5. The number of hydrogen-bond donors (Lipinski definition) is 0. The minimum atomic E-state index is -0.994. The van der Waals surface area contributed by atoms with Gasteiger partial charge in [0, 0.05) is 0 Å². The largest absolute Gasteiger partial charge is 0.373 e. The minimum Gasteiger partial charge on any atom is -0.373 e. The Hall–Kier alpha value is -6.04. The summed E-state index contributed by atoms with van der Waals surface area (Å²) in [4.78, 5) is 58.0. The summed E-state index contributed by atoms with van der Waals surface area (Å²) >= 11 is 0. The Kier molecular flexibility index (Phi) is 9.06. The van der Waals surface area contributed by atoms with Gasteiger partial charge in [0.05, 0.1) is 73.7 Å². The molecule has 4 fully saturated rings. The summed E-state index contributed by atoms with van der Waals surface area (Å²) in [5, 5.41) is 0. The Morgan fingerprint density at radius 3 is 1.27 bits per heavy atom. The second-order valence-electron chi connectivity index (χ2n) is 16.2. The lowest BCUT2D eigenvalue weighted by Gasteiger charge is -2.28. The van der Waals surface area contributed by atoms with Crippen LogP contribution in [0.2, 0.25) is 0 Å². The van der Waals surface area contributed by atoms with Crippen molar-refractivity contribution in [2.45, 2.75) is 43.0 Å². The average molecular weight is 787 g/mol. The zero-order valence-corrected chi connectivity index (χ0v) is 32.3. The van der Waals surface area contributed by atoms with E-state index in [-0.39, 0.29) is 36.8 Å². The van der Waals surface area contributed by atoms with Gasteiger partial charge in [0.25, 0.3) is 0 Å². The molecule has 10 nitrogen and oxygen atoms in total. The first-order valence-corrected chi connectivity index (χ1v) is 20.0. The molecule has 0 aliphatic carbocycles. The van der Waals surface area contributed by atoms with Gasteiger partial charge in [-0.15, -0.1) is 0 Å². The molecular weight excluding hydrogens is 745 g/mol. The number of carbonyl (C=O) groups is 4. The maximum absolute atomic E-state index is 14.0. The Morgan fingerprint density at radius 1 is 0.525 bits per heavy atom. The summed E-state index contributed by atoms with van der Waals surface area (Å²) in [7, 11) is 0. The topological polar surface area (TPSA) is 112 Å². The van der Waals surface area contributed by atoms with Gasteiger partial charge in [-0.1, -0.05) is 122 Å². The summed E-state index contributed by atoms with van der Waals surface area (Å²) in [5.74, 6) is -3.62. The van der Waals surface area contributed by atoms with Gasteiger partial charge in [-0.2, -0.15) is 0 Å². The molecule has 8 unspecified atom stereocenters. The van der Waals surface area contributed by atoms with Crippen molar-refractivity contribution < 1.29 is 38.1 Å². The predicted molar refractivity (Wildman–Crippen MR) is 221 cm³/mol. The summed E-state index contributed by atoms with van der Waals surface area (Å²) in [5.41, 5.74) is 5.00. The summed E-state index contributed by atoms with van der Waals surface area (Å²) in [6.07, 6.45) is 10.7. The first-order valence-electron chi connectivity index (χ1n) is 20.0. The maximum Gasteiger partial charge on any atom is 0.241 e. The van der Waals surface area contributed by atoms with E-state index in [1.165, 1.54) is 9.80 Å². The molecule has 4 bridgehead atoms. The van der Waals surface area contributed by atoms with Crippen molar-refractivity contribution in [3.05, 3.63) is 168 Å². The second kappa shape index (κ2) is 14.4. The molecule has 6 aliphatic rings. The highest BCUT2D eigenvalue weighted by Crippen LogP contribution is 2.54. The molecule has 4 amide bonds. The van der Waals surface area contributed by atoms with E-state index in [0.29, 0.717) is 31.0 Å². The highest BCUT2D eigenvalue weighted by molar-refractivity contribution is 6.24. The van der Waals surface area contributed by atoms with Crippen LogP contribution in [0.1, 0.15) is 33.4 Å². The van der Waals surface area contributed by atoms with Crippen LogP contribution in [0, 0.1) is 23.7 Å². The van der Waals surface area contributed by atoms with Crippen molar-refractivity contribution in [3.63, 3.8) is 0 Å². The monoisotopic (exact) mass is 786 g/mol. The van der Waals surface area contributed by atoms with Gasteiger partial charge in [-0.25, -0.2) is 9.80 Å². The summed E-state index contributed by atoms with van der Waals surface area (Å²) in [6.45, 7) is 8.60. The van der Waals surface area contributed by atoms with Crippen molar-refractivity contribution in [2.24, 2.45) is 23.7 Å². The Balaban J connectivity index is 0.773. The molecule has 0 spiro atoms. The van der Waals surface area contributed by atoms with Gasteiger partial charge in [0.2, 0.25) is 23.6 Å². The summed E-state index contributed by atoms with van der Waals surface area (Å²) in [6, 6.07) is 30.6. The smallest absolute Gasteiger partial charge is 0.241 e. The van der Waals surface area contributed by atoms with E-state index in [1.807, 2.05) is 97.1 Å². The predicted octanol–water partition coefficient (Wildman–Crippen LogP) is 6.62. The molecule has 59 heavy (non-hydrogen) atoms. The molecule has 296 valence electrons. The van der Waals surface area contributed by atoms with E-state index in [9.17, 15) is 19.2 Å². The van der Waals surface area contributed by atoms with Crippen LogP contribution in [-0.4, -0.2) is 60.3 Å². The number of hydrogen-bond acceptors (Lipinski definition) is 8. The summed E-state index contributed by atoms with van der Waals surface area (Å²) < 4.78 is 24.7. The van der Waals surface area contributed by atoms with Gasteiger partial charge in [0.1, 0.15) is 11.2 Å². The molecule has 4 aromatic rings. The van der Waals surface area contributed by atoms with Gasteiger partial charge in [0.15, 0.2) is 0 Å². The molecule has 4 aromatic carbocycles. The number of benzene rings is 4. The molecule has 6 heterocycles. The molecule has 10 heteroatoms. The number of ether oxygens (including phenoxy) is 4. The van der Waals surface area contributed by atoms with Crippen LogP contribution in [0.3, 0.4) is 0 Å². The third-order valence-corrected chi connectivity index (χ3v) is 12.7. The number of imide groups is 2. The Bertz CT molecular complexity index is 2270. The number of amides is 4. The highest BCUT2D eigenvalue weighted by atomic mass is 16.6. The molecule has 4 saturated heterocycles. The molecule has 6 aliphatic heterocycles. The normalized spacial score (nSPS) is 29.6.